The van der Waals surface area contributed by atoms with E-state index in [1.165, 1.54) is 38.1 Å². The molecule has 46 heavy (non-hydrogen) atoms. The minimum atomic E-state index is 0.660. The van der Waals surface area contributed by atoms with Crippen LogP contribution in [0.15, 0.2) is 164 Å². The Hall–Kier alpha value is -6.37. The number of fused-ring (bicyclic) bond motifs is 6. The summed E-state index contributed by atoms with van der Waals surface area (Å²) < 4.78 is 4.74. The average Bonchev–Trinajstić information content (AvgIpc) is 3.64. The van der Waals surface area contributed by atoms with Crippen LogP contribution in [0.4, 0.5) is 0 Å². The lowest BCUT2D eigenvalue weighted by Gasteiger charge is -2.12. The number of benzene rings is 7. The Kier molecular flexibility index (Phi) is 5.88. The van der Waals surface area contributed by atoms with Crippen LogP contribution in [0.5, 0.6) is 0 Å². The van der Waals surface area contributed by atoms with E-state index in [-0.39, 0.29) is 0 Å². The maximum absolute atomic E-state index is 9.48. The molecule has 0 aliphatic heterocycles. The highest BCUT2D eigenvalue weighted by Gasteiger charge is 2.15. The molecule has 0 atom stereocenters. The summed E-state index contributed by atoms with van der Waals surface area (Å²) in [5.41, 5.74) is 12.1. The first-order valence-electron chi connectivity index (χ1n) is 15.5. The largest absolute Gasteiger partial charge is 0.309 e. The van der Waals surface area contributed by atoms with Gasteiger partial charge in [-0.2, -0.15) is 5.26 Å². The molecule has 0 bridgehead atoms. The Balaban J connectivity index is 1.23. The van der Waals surface area contributed by atoms with Gasteiger partial charge in [-0.3, -0.25) is 0 Å². The van der Waals surface area contributed by atoms with Gasteiger partial charge < -0.3 is 9.13 Å². The number of nitriles is 1. The molecule has 0 N–H and O–H groups in total. The van der Waals surface area contributed by atoms with Crippen LogP contribution in [-0.4, -0.2) is 9.13 Å². The molecule has 9 aromatic rings. The SMILES string of the molecule is N#Cc1cccc(-c2cccc(-n3c4ccccc4c4ccc(-c5cccc(-n6c7ccccc7c7ccccc76)c5)cc43)c2)c1. The number of hydrogen-bond donors (Lipinski definition) is 0. The van der Waals surface area contributed by atoms with Gasteiger partial charge in [0.05, 0.1) is 33.7 Å². The van der Waals surface area contributed by atoms with Crippen LogP contribution in [0.1, 0.15) is 5.56 Å². The molecule has 3 heteroatoms. The topological polar surface area (TPSA) is 33.6 Å². The van der Waals surface area contributed by atoms with Crippen molar-refractivity contribution in [1.82, 2.24) is 9.13 Å². The number of rotatable bonds is 4. The van der Waals surface area contributed by atoms with E-state index in [0.717, 1.165) is 39.1 Å². The molecule has 2 heterocycles. The molecule has 0 amide bonds. The van der Waals surface area contributed by atoms with Gasteiger partial charge in [-0.25, -0.2) is 0 Å². The van der Waals surface area contributed by atoms with Gasteiger partial charge in [-0.05, 0) is 82.9 Å². The average molecular weight is 586 g/mol. The van der Waals surface area contributed by atoms with Crippen molar-refractivity contribution >= 4 is 43.6 Å². The molecule has 0 aliphatic carbocycles. The van der Waals surface area contributed by atoms with Gasteiger partial charge in [0, 0.05) is 32.9 Å². The second kappa shape index (κ2) is 10.4. The third-order valence-electron chi connectivity index (χ3n) is 9.12. The number of aromatic nitrogens is 2. The predicted molar refractivity (Wildman–Crippen MR) is 191 cm³/mol. The molecule has 0 fully saturated rings. The molecule has 214 valence electrons. The van der Waals surface area contributed by atoms with Crippen LogP contribution in [0.3, 0.4) is 0 Å². The van der Waals surface area contributed by atoms with Gasteiger partial charge in [0.25, 0.3) is 0 Å². The molecular weight excluding hydrogens is 558 g/mol. The summed E-state index contributed by atoms with van der Waals surface area (Å²) in [6, 6.07) is 60.3. The standard InChI is InChI=1S/C43H27N3/c44-28-29-10-7-11-30(24-29)31-12-8-15-35(25-31)46-42-21-6-3-18-38(42)39-23-22-33(27-43(39)46)32-13-9-14-34(26-32)45-40-19-4-1-16-36(40)37-17-2-5-20-41(37)45/h1-27H. The van der Waals surface area contributed by atoms with Crippen LogP contribution in [-0.2, 0) is 0 Å². The Morgan fingerprint density at radius 2 is 0.783 bits per heavy atom. The van der Waals surface area contributed by atoms with E-state index < -0.39 is 0 Å². The normalized spacial score (nSPS) is 11.5. The smallest absolute Gasteiger partial charge is 0.0991 e. The second-order valence-corrected chi connectivity index (χ2v) is 11.7. The molecule has 0 saturated carbocycles. The zero-order valence-electron chi connectivity index (χ0n) is 24.9. The first-order valence-corrected chi connectivity index (χ1v) is 15.5. The molecule has 3 nitrogen and oxygen atoms in total. The van der Waals surface area contributed by atoms with E-state index in [1.807, 2.05) is 18.2 Å². The molecule has 0 unspecified atom stereocenters. The number of nitrogens with zero attached hydrogens (tertiary/aromatic N) is 3. The first kappa shape index (κ1) is 26.1. The van der Waals surface area contributed by atoms with E-state index in [0.29, 0.717) is 5.56 Å². The number of para-hydroxylation sites is 3. The van der Waals surface area contributed by atoms with Crippen molar-refractivity contribution in [2.45, 2.75) is 0 Å². The molecule has 0 spiro atoms. The maximum Gasteiger partial charge on any atom is 0.0991 e. The lowest BCUT2D eigenvalue weighted by molar-refractivity contribution is 1.18. The summed E-state index contributed by atoms with van der Waals surface area (Å²) in [5.74, 6) is 0. The van der Waals surface area contributed by atoms with Crippen LogP contribution in [0.25, 0.3) is 77.2 Å². The first-order chi connectivity index (χ1) is 22.8. The van der Waals surface area contributed by atoms with Crippen LogP contribution in [0, 0.1) is 11.3 Å². The summed E-state index contributed by atoms with van der Waals surface area (Å²) in [5, 5.41) is 14.4. The third kappa shape index (κ3) is 4.05. The molecule has 0 saturated heterocycles. The lowest BCUT2D eigenvalue weighted by atomic mass is 10.0. The summed E-state index contributed by atoms with van der Waals surface area (Å²) in [4.78, 5) is 0. The lowest BCUT2D eigenvalue weighted by Crippen LogP contribution is -1.95. The quantitative estimate of drug-likeness (QED) is 0.202. The van der Waals surface area contributed by atoms with Gasteiger partial charge in [-0.1, -0.05) is 103 Å². The fourth-order valence-corrected chi connectivity index (χ4v) is 7.05. The fourth-order valence-electron chi connectivity index (χ4n) is 7.05. The van der Waals surface area contributed by atoms with Crippen molar-refractivity contribution in [2.75, 3.05) is 0 Å². The highest BCUT2D eigenvalue weighted by atomic mass is 15.0. The highest BCUT2D eigenvalue weighted by Crippen LogP contribution is 2.37. The Bertz CT molecular complexity index is 2610. The second-order valence-electron chi connectivity index (χ2n) is 11.7. The van der Waals surface area contributed by atoms with Gasteiger partial charge in [0.2, 0.25) is 0 Å². The maximum atomic E-state index is 9.48. The van der Waals surface area contributed by atoms with E-state index in [4.69, 9.17) is 0 Å². The third-order valence-corrected chi connectivity index (χ3v) is 9.12. The fraction of sp³-hybridized carbons (Fsp3) is 0. The molecule has 7 aromatic carbocycles. The molecular formula is C43H27N3. The summed E-state index contributed by atoms with van der Waals surface area (Å²) in [6.07, 6.45) is 0. The Morgan fingerprint density at radius 3 is 1.33 bits per heavy atom. The Labute approximate surface area is 266 Å². The predicted octanol–water partition coefficient (Wildman–Crippen LogP) is 11.1. The molecule has 9 rings (SSSR count). The van der Waals surface area contributed by atoms with Gasteiger partial charge >= 0.3 is 0 Å². The van der Waals surface area contributed by atoms with Crippen LogP contribution < -0.4 is 0 Å². The zero-order valence-corrected chi connectivity index (χ0v) is 24.9. The Morgan fingerprint density at radius 1 is 0.348 bits per heavy atom. The monoisotopic (exact) mass is 585 g/mol. The van der Waals surface area contributed by atoms with Crippen molar-refractivity contribution in [3.63, 3.8) is 0 Å². The van der Waals surface area contributed by atoms with Crippen LogP contribution >= 0.6 is 0 Å². The van der Waals surface area contributed by atoms with Gasteiger partial charge in [0.15, 0.2) is 0 Å². The highest BCUT2D eigenvalue weighted by molar-refractivity contribution is 6.11. The van der Waals surface area contributed by atoms with Crippen molar-refractivity contribution in [1.29, 1.82) is 5.26 Å². The van der Waals surface area contributed by atoms with Crippen molar-refractivity contribution < 1.29 is 0 Å². The minimum Gasteiger partial charge on any atom is -0.309 e. The summed E-state index contributed by atoms with van der Waals surface area (Å²) in [7, 11) is 0. The molecule has 2 aromatic heterocycles. The van der Waals surface area contributed by atoms with Crippen molar-refractivity contribution in [2.24, 2.45) is 0 Å². The number of hydrogen-bond acceptors (Lipinski definition) is 1. The van der Waals surface area contributed by atoms with E-state index >= 15 is 0 Å². The molecule has 0 aliphatic rings. The summed E-state index contributed by atoms with van der Waals surface area (Å²) >= 11 is 0. The molecule has 0 radical (unpaired) electrons. The van der Waals surface area contributed by atoms with E-state index in [2.05, 4.69) is 161 Å². The summed E-state index contributed by atoms with van der Waals surface area (Å²) in [6.45, 7) is 0. The van der Waals surface area contributed by atoms with Crippen molar-refractivity contribution in [3.05, 3.63) is 169 Å². The zero-order chi connectivity index (χ0) is 30.6. The van der Waals surface area contributed by atoms with Crippen LogP contribution in [0.2, 0.25) is 0 Å². The van der Waals surface area contributed by atoms with E-state index in [1.54, 1.807) is 0 Å². The van der Waals surface area contributed by atoms with Gasteiger partial charge in [0.1, 0.15) is 0 Å². The van der Waals surface area contributed by atoms with Gasteiger partial charge in [-0.15, -0.1) is 0 Å². The minimum absolute atomic E-state index is 0.660. The van der Waals surface area contributed by atoms with E-state index in [9.17, 15) is 5.26 Å². The van der Waals surface area contributed by atoms with Crippen molar-refractivity contribution in [3.8, 4) is 39.7 Å².